The monoisotopic (exact) mass is 225 g/mol. The van der Waals surface area contributed by atoms with E-state index in [4.69, 9.17) is 16.9 Å². The highest BCUT2D eigenvalue weighted by Crippen LogP contribution is 2.17. The first-order valence-electron chi connectivity index (χ1n) is 4.12. The van der Waals surface area contributed by atoms with E-state index in [1.54, 1.807) is 0 Å². The van der Waals surface area contributed by atoms with Crippen LogP contribution in [-0.4, -0.2) is 20.9 Å². The number of benzene rings is 1. The second kappa shape index (κ2) is 4.34. The lowest BCUT2D eigenvalue weighted by Gasteiger charge is -2.07. The zero-order valence-electron chi connectivity index (χ0n) is 8.17. The molecule has 1 unspecified atom stereocenters. The molecule has 0 aliphatic heterocycles. The van der Waals surface area contributed by atoms with Gasteiger partial charge < -0.3 is 10.5 Å². The number of methoxy groups -OCH3 is 1. The zero-order chi connectivity index (χ0) is 11.5. The highest BCUT2D eigenvalue weighted by atomic mass is 32.2. The fourth-order valence-corrected chi connectivity index (χ4v) is 1.99. The second-order valence-corrected chi connectivity index (χ2v) is 4.88. The summed E-state index contributed by atoms with van der Waals surface area (Å²) >= 11 is 0. The predicted octanol–water partition coefficient (Wildman–Crippen LogP) is 0.387. The average molecular weight is 225 g/mol. The molecule has 2 N–H and O–H groups in total. The van der Waals surface area contributed by atoms with Crippen LogP contribution < -0.4 is 10.5 Å². The Morgan fingerprint density at radius 2 is 1.93 bits per heavy atom. The van der Waals surface area contributed by atoms with Gasteiger partial charge in [0.05, 0.1) is 12.0 Å². The van der Waals surface area contributed by atoms with Crippen LogP contribution in [0, 0.1) is 12.3 Å². The minimum Gasteiger partial charge on any atom is -0.497 e. The Bertz CT molecular complexity index is 470. The van der Waals surface area contributed by atoms with Crippen LogP contribution in [0.4, 0.5) is 0 Å². The van der Waals surface area contributed by atoms with Crippen LogP contribution in [-0.2, 0) is 9.84 Å². The van der Waals surface area contributed by atoms with Crippen LogP contribution in [0.25, 0.3) is 0 Å². The molecule has 80 valence electrons. The maximum Gasteiger partial charge on any atom is 0.205 e. The first-order chi connectivity index (χ1) is 7.02. The number of rotatable bonds is 3. The lowest BCUT2D eigenvalue weighted by Crippen LogP contribution is -2.28. The lowest BCUT2D eigenvalue weighted by molar-refractivity contribution is 0.414. The van der Waals surface area contributed by atoms with Gasteiger partial charge in [0.2, 0.25) is 9.84 Å². The molecule has 0 spiro atoms. The van der Waals surface area contributed by atoms with Gasteiger partial charge in [-0.15, -0.1) is 6.42 Å². The van der Waals surface area contributed by atoms with Gasteiger partial charge in [0.15, 0.2) is 5.37 Å². The molecule has 0 aliphatic rings. The minimum absolute atomic E-state index is 0.0914. The first-order valence-corrected chi connectivity index (χ1v) is 5.66. The summed E-state index contributed by atoms with van der Waals surface area (Å²) < 4.78 is 28.2. The van der Waals surface area contributed by atoms with Crippen molar-refractivity contribution in [2.75, 3.05) is 7.11 Å². The summed E-state index contributed by atoms with van der Waals surface area (Å²) in [7, 11) is -2.13. The summed E-state index contributed by atoms with van der Waals surface area (Å²) in [6, 6.07) is 5.89. The van der Waals surface area contributed by atoms with Crippen molar-refractivity contribution in [2.24, 2.45) is 5.73 Å². The maximum absolute atomic E-state index is 11.7. The second-order valence-electron chi connectivity index (χ2n) is 2.81. The molecule has 1 rings (SSSR count). The molecular formula is C10H11NO3S. The quantitative estimate of drug-likeness (QED) is 0.755. The van der Waals surface area contributed by atoms with Crippen molar-refractivity contribution in [2.45, 2.75) is 10.3 Å². The van der Waals surface area contributed by atoms with E-state index in [0.29, 0.717) is 5.75 Å². The Hall–Kier alpha value is -1.51. The smallest absolute Gasteiger partial charge is 0.205 e. The van der Waals surface area contributed by atoms with Gasteiger partial charge in [0.1, 0.15) is 5.75 Å². The third-order valence-electron chi connectivity index (χ3n) is 1.89. The van der Waals surface area contributed by atoms with Gasteiger partial charge in [-0.05, 0) is 24.3 Å². The van der Waals surface area contributed by atoms with Crippen LogP contribution in [0.5, 0.6) is 5.75 Å². The van der Waals surface area contributed by atoms with Gasteiger partial charge in [-0.1, -0.05) is 5.92 Å². The fraction of sp³-hybridized carbons (Fsp3) is 0.200. The molecule has 0 aliphatic carbocycles. The van der Waals surface area contributed by atoms with E-state index >= 15 is 0 Å². The Morgan fingerprint density at radius 3 is 2.33 bits per heavy atom. The van der Waals surface area contributed by atoms with Crippen molar-refractivity contribution < 1.29 is 13.2 Å². The number of sulfone groups is 1. The number of hydrogen-bond donors (Lipinski definition) is 1. The van der Waals surface area contributed by atoms with Gasteiger partial charge in [-0.3, -0.25) is 0 Å². The van der Waals surface area contributed by atoms with Crippen molar-refractivity contribution in [3.8, 4) is 18.1 Å². The molecule has 0 fully saturated rings. The van der Waals surface area contributed by atoms with Crippen molar-refractivity contribution in [3.63, 3.8) is 0 Å². The molecule has 5 heteroatoms. The standard InChI is InChI=1S/C10H11NO3S/c1-3-10(11)15(12,13)9-6-4-8(14-2)5-7-9/h1,4-7,10H,11H2,2H3. The van der Waals surface area contributed by atoms with Crippen LogP contribution in [0.3, 0.4) is 0 Å². The Balaban J connectivity index is 3.13. The van der Waals surface area contributed by atoms with Crippen LogP contribution in [0.15, 0.2) is 29.2 Å². The highest BCUT2D eigenvalue weighted by molar-refractivity contribution is 7.92. The molecule has 1 aromatic rings. The van der Waals surface area contributed by atoms with Crippen LogP contribution >= 0.6 is 0 Å². The molecule has 0 amide bonds. The molecule has 0 radical (unpaired) electrons. The largest absolute Gasteiger partial charge is 0.497 e. The van der Waals surface area contributed by atoms with Crippen LogP contribution in [0.2, 0.25) is 0 Å². The lowest BCUT2D eigenvalue weighted by atomic mass is 10.3. The van der Waals surface area contributed by atoms with Gasteiger partial charge in [-0.25, -0.2) is 8.42 Å². The summed E-state index contributed by atoms with van der Waals surface area (Å²) in [4.78, 5) is 0.0914. The summed E-state index contributed by atoms with van der Waals surface area (Å²) in [5, 5.41) is -1.31. The third-order valence-corrected chi connectivity index (χ3v) is 3.62. The SMILES string of the molecule is C#CC(N)S(=O)(=O)c1ccc(OC)cc1. The number of hydrogen-bond acceptors (Lipinski definition) is 4. The maximum atomic E-state index is 11.7. The summed E-state index contributed by atoms with van der Waals surface area (Å²) in [5.41, 5.74) is 5.30. The van der Waals surface area contributed by atoms with E-state index in [9.17, 15) is 8.42 Å². The topological polar surface area (TPSA) is 69.4 Å². The molecular weight excluding hydrogens is 214 g/mol. The van der Waals surface area contributed by atoms with E-state index < -0.39 is 15.2 Å². The van der Waals surface area contributed by atoms with E-state index in [0.717, 1.165) is 0 Å². The van der Waals surface area contributed by atoms with Crippen molar-refractivity contribution in [1.82, 2.24) is 0 Å². The summed E-state index contributed by atoms with van der Waals surface area (Å²) in [6.07, 6.45) is 4.97. The Kier molecular flexibility index (Phi) is 3.35. The van der Waals surface area contributed by atoms with Crippen molar-refractivity contribution in [1.29, 1.82) is 0 Å². The molecule has 0 bridgehead atoms. The molecule has 0 saturated heterocycles. The molecule has 1 atom stereocenters. The zero-order valence-corrected chi connectivity index (χ0v) is 8.99. The molecule has 15 heavy (non-hydrogen) atoms. The molecule has 0 saturated carbocycles. The van der Waals surface area contributed by atoms with Crippen molar-refractivity contribution >= 4 is 9.84 Å². The summed E-state index contributed by atoms with van der Waals surface area (Å²) in [6.45, 7) is 0. The van der Waals surface area contributed by atoms with Crippen molar-refractivity contribution in [3.05, 3.63) is 24.3 Å². The summed E-state index contributed by atoms with van der Waals surface area (Å²) in [5.74, 6) is 2.56. The first kappa shape index (κ1) is 11.6. The van der Waals surface area contributed by atoms with Crippen LogP contribution in [0.1, 0.15) is 0 Å². The van der Waals surface area contributed by atoms with Gasteiger partial charge in [-0.2, -0.15) is 0 Å². The fourth-order valence-electron chi connectivity index (χ4n) is 1.00. The third kappa shape index (κ3) is 2.29. The van der Waals surface area contributed by atoms with E-state index in [1.807, 2.05) is 5.92 Å². The van der Waals surface area contributed by atoms with E-state index in [2.05, 4.69) is 0 Å². The molecule has 1 aromatic carbocycles. The Labute approximate surface area is 89.0 Å². The van der Waals surface area contributed by atoms with E-state index in [-0.39, 0.29) is 4.90 Å². The number of terminal acetylenes is 1. The highest BCUT2D eigenvalue weighted by Gasteiger charge is 2.21. The minimum atomic E-state index is -3.63. The molecule has 0 aromatic heterocycles. The molecule has 0 heterocycles. The number of nitrogens with two attached hydrogens (primary N) is 1. The predicted molar refractivity (Wildman–Crippen MR) is 57.0 cm³/mol. The van der Waals surface area contributed by atoms with Gasteiger partial charge in [0.25, 0.3) is 0 Å². The average Bonchev–Trinajstić information content (AvgIpc) is 2.28. The normalized spacial score (nSPS) is 12.9. The number of ether oxygens (including phenoxy) is 1. The van der Waals surface area contributed by atoms with Gasteiger partial charge in [0, 0.05) is 0 Å². The molecule has 4 nitrogen and oxygen atoms in total. The Morgan fingerprint density at radius 1 is 1.40 bits per heavy atom. The van der Waals surface area contributed by atoms with Gasteiger partial charge >= 0.3 is 0 Å². The van der Waals surface area contributed by atoms with E-state index in [1.165, 1.54) is 31.4 Å².